The second-order valence-corrected chi connectivity index (χ2v) is 6.95. The summed E-state index contributed by atoms with van der Waals surface area (Å²) in [6.45, 7) is 1.25. The summed E-state index contributed by atoms with van der Waals surface area (Å²) < 4.78 is 64.7. The highest BCUT2D eigenvalue weighted by atomic mass is 19.4. The third kappa shape index (κ3) is 3.96. The van der Waals surface area contributed by atoms with Gasteiger partial charge in [0.15, 0.2) is 5.78 Å². The Labute approximate surface area is 170 Å². The fourth-order valence-corrected chi connectivity index (χ4v) is 3.84. The Hall–Kier alpha value is -3.10. The highest BCUT2D eigenvalue weighted by molar-refractivity contribution is 6.01. The molecule has 2 aromatic rings. The summed E-state index contributed by atoms with van der Waals surface area (Å²) in [5.41, 5.74) is -0.272. The zero-order valence-electron chi connectivity index (χ0n) is 16.4. The fraction of sp³-hybridized carbons (Fsp3) is 0.333. The first-order valence-electron chi connectivity index (χ1n) is 9.02. The van der Waals surface area contributed by atoms with E-state index in [4.69, 9.17) is 9.47 Å². The Morgan fingerprint density at radius 1 is 1.13 bits per heavy atom. The van der Waals surface area contributed by atoms with Gasteiger partial charge in [-0.3, -0.25) is 9.59 Å². The lowest BCUT2D eigenvalue weighted by atomic mass is 9.77. The molecular formula is C21H19F4NO4. The van der Waals surface area contributed by atoms with Gasteiger partial charge in [-0.1, -0.05) is 6.07 Å². The van der Waals surface area contributed by atoms with Crippen molar-refractivity contribution < 1.29 is 36.6 Å². The molecule has 2 aromatic carbocycles. The largest absolute Gasteiger partial charge is 0.496 e. The molecule has 1 N–H and O–H groups in total. The molecule has 5 nitrogen and oxygen atoms in total. The number of fused-ring (bicyclic) bond motifs is 1. The van der Waals surface area contributed by atoms with Crippen LogP contribution in [0.5, 0.6) is 11.5 Å². The first-order valence-corrected chi connectivity index (χ1v) is 9.02. The Balaban J connectivity index is 2.16. The van der Waals surface area contributed by atoms with E-state index in [1.54, 1.807) is 0 Å². The zero-order valence-corrected chi connectivity index (χ0v) is 16.4. The van der Waals surface area contributed by atoms with Gasteiger partial charge in [0.25, 0.3) is 0 Å². The van der Waals surface area contributed by atoms with E-state index in [0.717, 1.165) is 26.4 Å². The molecule has 0 spiro atoms. The molecule has 0 saturated heterocycles. The topological polar surface area (TPSA) is 64.6 Å². The van der Waals surface area contributed by atoms with Gasteiger partial charge in [-0.25, -0.2) is 4.39 Å². The van der Waals surface area contributed by atoms with Gasteiger partial charge in [-0.2, -0.15) is 13.2 Å². The number of carbonyl (C=O) groups excluding carboxylic acids is 2. The van der Waals surface area contributed by atoms with E-state index in [0.29, 0.717) is 5.56 Å². The standard InChI is InChI=1S/C21H19F4NO4/c1-10(27)26-16-8-12(22)4-5-13(16)11-6-15-14(17(28)7-11)9-18(29-2)19(20(15)30-3)21(23,24)25/h4-5,8-9,11H,6-7H2,1-3H3,(H,26,27). The number of benzene rings is 2. The number of alkyl halides is 3. The molecule has 1 aliphatic rings. The van der Waals surface area contributed by atoms with Gasteiger partial charge >= 0.3 is 6.18 Å². The Bertz CT molecular complexity index is 1020. The third-order valence-electron chi connectivity index (χ3n) is 5.00. The molecule has 3 rings (SSSR count). The number of ketones is 1. The maximum atomic E-state index is 13.7. The molecule has 0 bridgehead atoms. The van der Waals surface area contributed by atoms with Crippen LogP contribution in [0, 0.1) is 5.82 Å². The number of halogens is 4. The van der Waals surface area contributed by atoms with E-state index >= 15 is 0 Å². The van der Waals surface area contributed by atoms with Crippen molar-refractivity contribution in [3.05, 3.63) is 52.3 Å². The maximum absolute atomic E-state index is 13.7. The summed E-state index contributed by atoms with van der Waals surface area (Å²) >= 11 is 0. The number of hydrogen-bond donors (Lipinski definition) is 1. The quantitative estimate of drug-likeness (QED) is 0.720. The van der Waals surface area contributed by atoms with Crippen molar-refractivity contribution in [1.82, 2.24) is 0 Å². The zero-order chi connectivity index (χ0) is 22.2. The summed E-state index contributed by atoms with van der Waals surface area (Å²) in [6, 6.07) is 4.79. The molecule has 0 saturated carbocycles. The van der Waals surface area contributed by atoms with Crippen molar-refractivity contribution in [2.24, 2.45) is 0 Å². The second-order valence-electron chi connectivity index (χ2n) is 6.95. The molecular weight excluding hydrogens is 406 g/mol. The van der Waals surface area contributed by atoms with Crippen LogP contribution < -0.4 is 14.8 Å². The molecule has 1 aliphatic carbocycles. The van der Waals surface area contributed by atoms with Crippen molar-refractivity contribution in [2.45, 2.75) is 31.9 Å². The molecule has 1 amide bonds. The Morgan fingerprint density at radius 2 is 1.83 bits per heavy atom. The lowest BCUT2D eigenvalue weighted by molar-refractivity contribution is -0.140. The number of Topliss-reactive ketones (excluding diaryl/α,β-unsaturated/α-hetero) is 1. The summed E-state index contributed by atoms with van der Waals surface area (Å²) in [5, 5.41) is 2.51. The van der Waals surface area contributed by atoms with Crippen molar-refractivity contribution in [3.8, 4) is 11.5 Å². The van der Waals surface area contributed by atoms with Gasteiger partial charge < -0.3 is 14.8 Å². The van der Waals surface area contributed by atoms with Crippen LogP contribution in [0.2, 0.25) is 0 Å². The van der Waals surface area contributed by atoms with Crippen LogP contribution in [0.3, 0.4) is 0 Å². The normalized spacial score (nSPS) is 16.1. The smallest absolute Gasteiger partial charge is 0.423 e. The number of hydrogen-bond acceptors (Lipinski definition) is 4. The number of nitrogens with one attached hydrogen (secondary N) is 1. The summed E-state index contributed by atoms with van der Waals surface area (Å²) in [4.78, 5) is 24.3. The van der Waals surface area contributed by atoms with Gasteiger partial charge in [0.2, 0.25) is 5.91 Å². The van der Waals surface area contributed by atoms with Gasteiger partial charge in [0, 0.05) is 30.2 Å². The molecule has 0 heterocycles. The highest BCUT2D eigenvalue weighted by Gasteiger charge is 2.42. The second kappa shape index (κ2) is 7.97. The van der Waals surface area contributed by atoms with E-state index in [2.05, 4.69) is 5.32 Å². The van der Waals surface area contributed by atoms with Crippen LogP contribution >= 0.6 is 0 Å². The van der Waals surface area contributed by atoms with E-state index in [9.17, 15) is 27.2 Å². The molecule has 1 atom stereocenters. The van der Waals surface area contributed by atoms with Gasteiger partial charge in [0.05, 0.1) is 14.2 Å². The lowest BCUT2D eigenvalue weighted by Crippen LogP contribution is -2.23. The summed E-state index contributed by atoms with van der Waals surface area (Å²) in [7, 11) is 2.18. The molecule has 9 heteroatoms. The van der Waals surface area contributed by atoms with Crippen molar-refractivity contribution in [1.29, 1.82) is 0 Å². The van der Waals surface area contributed by atoms with Crippen molar-refractivity contribution in [2.75, 3.05) is 19.5 Å². The predicted octanol–water partition coefficient (Wildman–Crippen LogP) is 4.73. The van der Waals surface area contributed by atoms with Crippen LogP contribution in [-0.2, 0) is 17.4 Å². The van der Waals surface area contributed by atoms with Gasteiger partial charge in [-0.05, 0) is 36.1 Å². The number of carbonyl (C=O) groups is 2. The first-order chi connectivity index (χ1) is 14.1. The highest BCUT2D eigenvalue weighted by Crippen LogP contribution is 2.49. The van der Waals surface area contributed by atoms with Crippen LogP contribution in [0.25, 0.3) is 0 Å². The monoisotopic (exact) mass is 425 g/mol. The minimum Gasteiger partial charge on any atom is -0.496 e. The number of rotatable bonds is 4. The molecule has 0 aromatic heterocycles. The number of ether oxygens (including phenoxy) is 2. The van der Waals surface area contributed by atoms with Gasteiger partial charge in [0.1, 0.15) is 22.9 Å². The molecule has 0 aliphatic heterocycles. The van der Waals surface area contributed by atoms with Crippen LogP contribution in [0.1, 0.15) is 46.3 Å². The first kappa shape index (κ1) is 21.6. The minimum atomic E-state index is -4.76. The molecule has 0 fully saturated rings. The van der Waals surface area contributed by atoms with Crippen molar-refractivity contribution >= 4 is 17.4 Å². The average molecular weight is 425 g/mol. The fourth-order valence-electron chi connectivity index (χ4n) is 3.84. The van der Waals surface area contributed by atoms with Crippen LogP contribution in [0.15, 0.2) is 24.3 Å². The van der Waals surface area contributed by atoms with E-state index in [1.807, 2.05) is 0 Å². The molecule has 0 radical (unpaired) electrons. The molecule has 30 heavy (non-hydrogen) atoms. The van der Waals surface area contributed by atoms with Gasteiger partial charge in [-0.15, -0.1) is 0 Å². The van der Waals surface area contributed by atoms with E-state index in [-0.39, 0.29) is 29.7 Å². The maximum Gasteiger partial charge on any atom is 0.423 e. The van der Waals surface area contributed by atoms with Crippen LogP contribution in [-0.4, -0.2) is 25.9 Å². The molecule has 1 unspecified atom stereocenters. The number of amides is 1. The van der Waals surface area contributed by atoms with Crippen molar-refractivity contribution in [3.63, 3.8) is 0 Å². The lowest BCUT2D eigenvalue weighted by Gasteiger charge is -2.29. The predicted molar refractivity (Wildman–Crippen MR) is 101 cm³/mol. The summed E-state index contributed by atoms with van der Waals surface area (Å²) in [5.74, 6) is -2.97. The summed E-state index contributed by atoms with van der Waals surface area (Å²) in [6.07, 6.45) is -4.75. The average Bonchev–Trinajstić information content (AvgIpc) is 2.65. The van der Waals surface area contributed by atoms with E-state index < -0.39 is 46.7 Å². The van der Waals surface area contributed by atoms with E-state index in [1.165, 1.54) is 19.1 Å². The number of methoxy groups -OCH3 is 2. The Kier molecular flexibility index (Phi) is 5.74. The SMILES string of the molecule is COc1cc2c(c(OC)c1C(F)(F)F)CC(c1ccc(F)cc1NC(C)=O)CC2=O. The molecule has 160 valence electrons. The third-order valence-corrected chi connectivity index (χ3v) is 5.00. The van der Waals surface area contributed by atoms with Crippen LogP contribution in [0.4, 0.5) is 23.2 Å². The minimum absolute atomic E-state index is 0.0249. The number of anilines is 1. The Morgan fingerprint density at radius 3 is 2.40 bits per heavy atom.